The van der Waals surface area contributed by atoms with Gasteiger partial charge in [-0.15, -0.1) is 0 Å². The van der Waals surface area contributed by atoms with Gasteiger partial charge in [0.2, 0.25) is 0 Å². The van der Waals surface area contributed by atoms with E-state index in [-0.39, 0.29) is 37.6 Å². The van der Waals surface area contributed by atoms with Gasteiger partial charge in [-0.1, -0.05) is 13.2 Å². The monoisotopic (exact) mass is 318 g/mol. The summed E-state index contributed by atoms with van der Waals surface area (Å²) in [6, 6.07) is 0. The molecule has 0 rings (SSSR count). The predicted molar refractivity (Wildman–Crippen MR) is 63.6 cm³/mol. The maximum Gasteiger partial charge on any atom is 0.397 e. The molecule has 0 atom stereocenters. The van der Waals surface area contributed by atoms with Crippen molar-refractivity contribution in [1.82, 2.24) is 0 Å². The number of ether oxygens (including phenoxy) is 1. The summed E-state index contributed by atoms with van der Waals surface area (Å²) in [6.45, 7) is 6.11. The molecule has 11 heteroatoms. The average molecular weight is 318 g/mol. The molecule has 0 saturated heterocycles. The summed E-state index contributed by atoms with van der Waals surface area (Å²) in [5.41, 5.74) is 0. The SMILES string of the molecule is C=C(CCOS(=O)(=O)O)OC(=C)CCOS(=O)(=O)O. The van der Waals surface area contributed by atoms with E-state index in [9.17, 15) is 16.8 Å². The van der Waals surface area contributed by atoms with Gasteiger partial charge in [0.05, 0.1) is 24.7 Å². The number of hydrogen-bond acceptors (Lipinski definition) is 7. The highest BCUT2D eigenvalue weighted by Crippen LogP contribution is 2.11. The molecule has 0 aromatic heterocycles. The van der Waals surface area contributed by atoms with E-state index in [1.54, 1.807) is 0 Å². The molecule has 19 heavy (non-hydrogen) atoms. The molecule has 112 valence electrons. The smallest absolute Gasteiger partial charge is 0.397 e. The summed E-state index contributed by atoms with van der Waals surface area (Å²) in [4.78, 5) is 0. The Kier molecular flexibility index (Phi) is 7.18. The van der Waals surface area contributed by atoms with E-state index in [4.69, 9.17) is 13.8 Å². The molecular formula is C8H14O9S2. The molecule has 0 bridgehead atoms. The lowest BCUT2D eigenvalue weighted by Gasteiger charge is -2.10. The van der Waals surface area contributed by atoms with Gasteiger partial charge in [-0.05, 0) is 0 Å². The fourth-order valence-corrected chi connectivity index (χ4v) is 1.42. The summed E-state index contributed by atoms with van der Waals surface area (Å²) in [7, 11) is -9.02. The minimum atomic E-state index is -4.51. The van der Waals surface area contributed by atoms with Crippen LogP contribution in [0.2, 0.25) is 0 Å². The second-order valence-corrected chi connectivity index (χ2v) is 5.36. The zero-order chi connectivity index (χ0) is 15.1. The van der Waals surface area contributed by atoms with Gasteiger partial charge in [0.25, 0.3) is 0 Å². The molecule has 0 heterocycles. The Morgan fingerprint density at radius 1 is 0.842 bits per heavy atom. The van der Waals surface area contributed by atoms with Gasteiger partial charge in [-0.25, -0.2) is 8.37 Å². The van der Waals surface area contributed by atoms with Gasteiger partial charge in [-0.3, -0.25) is 9.11 Å². The van der Waals surface area contributed by atoms with Gasteiger partial charge < -0.3 is 4.74 Å². The molecule has 0 aromatic carbocycles. The summed E-state index contributed by atoms with van der Waals surface area (Å²) >= 11 is 0. The predicted octanol–water partition coefficient (Wildman–Crippen LogP) is 0.449. The lowest BCUT2D eigenvalue weighted by molar-refractivity contribution is 0.215. The van der Waals surface area contributed by atoms with Crippen LogP contribution >= 0.6 is 0 Å². The summed E-state index contributed by atoms with van der Waals surface area (Å²) in [6.07, 6.45) is -0.0596. The molecule has 0 aliphatic carbocycles. The van der Waals surface area contributed by atoms with Crippen LogP contribution < -0.4 is 0 Å². The Morgan fingerprint density at radius 3 is 1.42 bits per heavy atom. The second-order valence-electron chi connectivity index (χ2n) is 3.18. The van der Waals surface area contributed by atoms with Crippen LogP contribution in [-0.2, 0) is 33.9 Å². The van der Waals surface area contributed by atoms with Crippen molar-refractivity contribution in [2.45, 2.75) is 12.8 Å². The van der Waals surface area contributed by atoms with E-state index in [0.717, 1.165) is 0 Å². The van der Waals surface area contributed by atoms with Crippen molar-refractivity contribution in [2.24, 2.45) is 0 Å². The van der Waals surface area contributed by atoms with Gasteiger partial charge in [-0.2, -0.15) is 16.8 Å². The fourth-order valence-electron chi connectivity index (χ4n) is 0.828. The molecule has 0 spiro atoms. The third-order valence-electron chi connectivity index (χ3n) is 1.52. The molecule has 0 fully saturated rings. The first-order valence-electron chi connectivity index (χ1n) is 4.76. The van der Waals surface area contributed by atoms with Gasteiger partial charge in [0.15, 0.2) is 0 Å². The highest BCUT2D eigenvalue weighted by molar-refractivity contribution is 7.81. The molecule has 9 nitrogen and oxygen atoms in total. The van der Waals surface area contributed by atoms with E-state index < -0.39 is 20.8 Å². The molecule has 2 N–H and O–H groups in total. The standard InChI is InChI=1S/C8H14O9S2/c1-7(3-5-15-18(9,10)11)17-8(2)4-6-16-19(12,13)14/h1-6H2,(H,9,10,11)(H,12,13,14). The molecule has 0 saturated carbocycles. The molecule has 0 aliphatic rings. The minimum absolute atomic E-state index is 0.0298. The van der Waals surface area contributed by atoms with Crippen LogP contribution in [0.4, 0.5) is 0 Å². The zero-order valence-electron chi connectivity index (χ0n) is 9.81. The van der Waals surface area contributed by atoms with Crippen LogP contribution in [0.3, 0.4) is 0 Å². The van der Waals surface area contributed by atoms with Gasteiger partial charge >= 0.3 is 20.8 Å². The first-order valence-corrected chi connectivity index (χ1v) is 7.50. The van der Waals surface area contributed by atoms with Crippen molar-refractivity contribution in [1.29, 1.82) is 0 Å². The zero-order valence-corrected chi connectivity index (χ0v) is 11.4. The molecule has 0 unspecified atom stereocenters. The van der Waals surface area contributed by atoms with Crippen molar-refractivity contribution >= 4 is 20.8 Å². The third kappa shape index (κ3) is 13.3. The van der Waals surface area contributed by atoms with E-state index in [1.807, 2.05) is 0 Å². The van der Waals surface area contributed by atoms with Crippen LogP contribution in [0.5, 0.6) is 0 Å². The average Bonchev–Trinajstić information content (AvgIpc) is 2.12. The second kappa shape index (κ2) is 7.57. The Bertz CT molecular complexity index is 468. The molecule has 0 aromatic rings. The lowest BCUT2D eigenvalue weighted by atomic mass is 10.3. The van der Waals surface area contributed by atoms with Crippen molar-refractivity contribution in [3.63, 3.8) is 0 Å². The number of hydrogen-bond donors (Lipinski definition) is 2. The molecule has 0 amide bonds. The lowest BCUT2D eigenvalue weighted by Crippen LogP contribution is -2.07. The Labute approximate surface area is 111 Å². The van der Waals surface area contributed by atoms with Gasteiger partial charge in [0, 0.05) is 12.8 Å². The van der Waals surface area contributed by atoms with Crippen LogP contribution in [-0.4, -0.2) is 39.2 Å². The summed E-state index contributed by atoms with van der Waals surface area (Å²) in [5.74, 6) is 0.195. The largest absolute Gasteiger partial charge is 0.467 e. The highest BCUT2D eigenvalue weighted by atomic mass is 32.3. The van der Waals surface area contributed by atoms with Gasteiger partial charge in [0.1, 0.15) is 0 Å². The maximum absolute atomic E-state index is 10.2. The summed E-state index contributed by atoms with van der Waals surface area (Å²) in [5, 5.41) is 0. The minimum Gasteiger partial charge on any atom is -0.467 e. The third-order valence-corrected chi connectivity index (χ3v) is 2.44. The maximum atomic E-state index is 10.2. The van der Waals surface area contributed by atoms with Crippen LogP contribution in [0.15, 0.2) is 24.7 Å². The van der Waals surface area contributed by atoms with Crippen molar-refractivity contribution in [2.75, 3.05) is 13.2 Å². The fraction of sp³-hybridized carbons (Fsp3) is 0.500. The first kappa shape index (κ1) is 18.0. The van der Waals surface area contributed by atoms with E-state index in [1.165, 1.54) is 0 Å². The Hall–Kier alpha value is -0.980. The molecular weight excluding hydrogens is 304 g/mol. The van der Waals surface area contributed by atoms with Crippen LogP contribution in [0.25, 0.3) is 0 Å². The van der Waals surface area contributed by atoms with E-state index in [2.05, 4.69) is 21.5 Å². The Morgan fingerprint density at radius 2 is 1.16 bits per heavy atom. The Balaban J connectivity index is 3.85. The van der Waals surface area contributed by atoms with E-state index >= 15 is 0 Å². The van der Waals surface area contributed by atoms with Crippen molar-refractivity contribution in [3.05, 3.63) is 24.7 Å². The van der Waals surface area contributed by atoms with Crippen LogP contribution in [0.1, 0.15) is 12.8 Å². The van der Waals surface area contributed by atoms with Crippen molar-refractivity contribution < 1.29 is 39.0 Å². The quantitative estimate of drug-likeness (QED) is 0.434. The van der Waals surface area contributed by atoms with Crippen LogP contribution in [0, 0.1) is 0 Å². The normalized spacial score (nSPS) is 12.1. The summed E-state index contributed by atoms with van der Waals surface area (Å²) < 4.78 is 70.4. The molecule has 0 aliphatic heterocycles. The molecule has 0 radical (unpaired) electrons. The highest BCUT2D eigenvalue weighted by Gasteiger charge is 2.08. The topological polar surface area (TPSA) is 136 Å². The van der Waals surface area contributed by atoms with E-state index in [0.29, 0.717) is 0 Å². The number of rotatable bonds is 10. The first-order chi connectivity index (χ1) is 8.49. The van der Waals surface area contributed by atoms with Crippen molar-refractivity contribution in [3.8, 4) is 0 Å².